The highest BCUT2D eigenvalue weighted by atomic mass is 32.2. The number of rotatable bonds is 4. The van der Waals surface area contributed by atoms with E-state index in [-0.39, 0.29) is 22.5 Å². The zero-order valence-electron chi connectivity index (χ0n) is 11.9. The van der Waals surface area contributed by atoms with Gasteiger partial charge in [-0.2, -0.15) is 0 Å². The van der Waals surface area contributed by atoms with Crippen molar-refractivity contribution in [1.82, 2.24) is 5.32 Å². The Morgan fingerprint density at radius 3 is 2.95 bits per heavy atom. The maximum absolute atomic E-state index is 13.5. The molecule has 1 unspecified atom stereocenters. The first-order valence-electron chi connectivity index (χ1n) is 7.50. The van der Waals surface area contributed by atoms with E-state index in [1.165, 1.54) is 43.0 Å². The van der Waals surface area contributed by atoms with Crippen LogP contribution in [0.1, 0.15) is 43.7 Å². The van der Waals surface area contributed by atoms with E-state index in [1.807, 2.05) is 0 Å². The van der Waals surface area contributed by atoms with Crippen LogP contribution in [0.2, 0.25) is 0 Å². The second-order valence-electron chi connectivity index (χ2n) is 5.80. The van der Waals surface area contributed by atoms with Crippen LogP contribution in [0.4, 0.5) is 4.39 Å². The van der Waals surface area contributed by atoms with Crippen LogP contribution in [0.15, 0.2) is 34.7 Å². The van der Waals surface area contributed by atoms with Crippen LogP contribution in [-0.2, 0) is 9.84 Å². The Labute approximate surface area is 125 Å². The Morgan fingerprint density at radius 1 is 1.33 bits per heavy atom. The second kappa shape index (κ2) is 5.89. The highest BCUT2D eigenvalue weighted by Crippen LogP contribution is 2.32. The van der Waals surface area contributed by atoms with E-state index < -0.39 is 9.84 Å². The molecular weight excluding hydrogens is 289 g/mol. The molecule has 2 aliphatic rings. The van der Waals surface area contributed by atoms with E-state index in [4.69, 9.17) is 0 Å². The molecule has 21 heavy (non-hydrogen) atoms. The maximum atomic E-state index is 13.5. The van der Waals surface area contributed by atoms with Gasteiger partial charge < -0.3 is 5.32 Å². The average molecular weight is 309 g/mol. The predicted molar refractivity (Wildman–Crippen MR) is 80.4 cm³/mol. The molecule has 5 heteroatoms. The number of nitrogens with one attached hydrogen (secondary N) is 1. The molecule has 1 aliphatic heterocycles. The van der Waals surface area contributed by atoms with Gasteiger partial charge in [0.15, 0.2) is 9.84 Å². The molecule has 0 saturated carbocycles. The Hall–Kier alpha value is -1.20. The lowest BCUT2D eigenvalue weighted by molar-refractivity contribution is 0.489. The molecule has 3 rings (SSSR count). The van der Waals surface area contributed by atoms with Gasteiger partial charge in [-0.3, -0.25) is 0 Å². The lowest BCUT2D eigenvalue weighted by Gasteiger charge is -2.26. The van der Waals surface area contributed by atoms with Crippen molar-refractivity contribution in [2.75, 3.05) is 12.3 Å². The highest BCUT2D eigenvalue weighted by molar-refractivity contribution is 7.91. The zero-order valence-corrected chi connectivity index (χ0v) is 12.8. The SMILES string of the molecule is O=S1(=O)CCC(NCCC2=CCCC2)c2cc(F)ccc21. The van der Waals surface area contributed by atoms with Crippen molar-refractivity contribution in [1.29, 1.82) is 0 Å². The number of halogens is 1. The fourth-order valence-corrected chi connectivity index (χ4v) is 4.80. The van der Waals surface area contributed by atoms with Crippen molar-refractivity contribution in [3.63, 3.8) is 0 Å². The van der Waals surface area contributed by atoms with Crippen LogP contribution in [-0.4, -0.2) is 20.7 Å². The number of allylic oxidation sites excluding steroid dienone is 1. The fraction of sp³-hybridized carbons (Fsp3) is 0.500. The van der Waals surface area contributed by atoms with E-state index in [2.05, 4.69) is 11.4 Å². The minimum absolute atomic E-state index is 0.0683. The van der Waals surface area contributed by atoms with Crippen LogP contribution in [0.5, 0.6) is 0 Å². The van der Waals surface area contributed by atoms with Gasteiger partial charge in [0.05, 0.1) is 10.6 Å². The van der Waals surface area contributed by atoms with Crippen molar-refractivity contribution < 1.29 is 12.8 Å². The van der Waals surface area contributed by atoms with E-state index in [0.29, 0.717) is 12.0 Å². The smallest absolute Gasteiger partial charge is 0.178 e. The van der Waals surface area contributed by atoms with Crippen LogP contribution in [0, 0.1) is 5.82 Å². The van der Waals surface area contributed by atoms with Gasteiger partial charge in [0.25, 0.3) is 0 Å². The molecule has 0 radical (unpaired) electrons. The molecular formula is C16H20FNO2S. The minimum Gasteiger partial charge on any atom is -0.310 e. The lowest BCUT2D eigenvalue weighted by Crippen LogP contribution is -2.30. The van der Waals surface area contributed by atoms with Crippen LogP contribution >= 0.6 is 0 Å². The first-order chi connectivity index (χ1) is 10.1. The molecule has 0 aromatic heterocycles. The molecule has 1 N–H and O–H groups in total. The molecule has 3 nitrogen and oxygen atoms in total. The third kappa shape index (κ3) is 3.19. The lowest BCUT2D eigenvalue weighted by atomic mass is 10.0. The Morgan fingerprint density at radius 2 is 2.19 bits per heavy atom. The third-order valence-corrected chi connectivity index (χ3v) is 6.14. The van der Waals surface area contributed by atoms with Gasteiger partial charge in [-0.25, -0.2) is 12.8 Å². The van der Waals surface area contributed by atoms with Gasteiger partial charge >= 0.3 is 0 Å². The quantitative estimate of drug-likeness (QED) is 0.686. The molecule has 1 aromatic rings. The van der Waals surface area contributed by atoms with Crippen LogP contribution in [0.25, 0.3) is 0 Å². The standard InChI is InChI=1S/C16H20FNO2S/c17-13-5-6-16-14(11-13)15(8-10-21(16,19)20)18-9-7-12-3-1-2-4-12/h3,5-6,11,15,18H,1-2,4,7-10H2. The van der Waals surface area contributed by atoms with Gasteiger partial charge in [-0.05, 0) is 62.4 Å². The topological polar surface area (TPSA) is 46.2 Å². The molecule has 0 fully saturated rings. The van der Waals surface area contributed by atoms with Crippen molar-refractivity contribution >= 4 is 9.84 Å². The van der Waals surface area contributed by atoms with Crippen molar-refractivity contribution in [3.8, 4) is 0 Å². The van der Waals surface area contributed by atoms with Crippen molar-refractivity contribution in [2.45, 2.75) is 43.0 Å². The van der Waals surface area contributed by atoms with Gasteiger partial charge in [0.1, 0.15) is 5.82 Å². The summed E-state index contributed by atoms with van der Waals surface area (Å²) < 4.78 is 37.6. The molecule has 114 valence electrons. The molecule has 0 spiro atoms. The number of hydrogen-bond acceptors (Lipinski definition) is 3. The maximum Gasteiger partial charge on any atom is 0.178 e. The molecule has 1 aromatic carbocycles. The fourth-order valence-electron chi connectivity index (χ4n) is 3.20. The highest BCUT2D eigenvalue weighted by Gasteiger charge is 2.30. The Kier molecular flexibility index (Phi) is 4.13. The third-order valence-electron chi connectivity index (χ3n) is 4.33. The molecule has 1 atom stereocenters. The van der Waals surface area contributed by atoms with Gasteiger partial charge in [0, 0.05) is 6.04 Å². The summed E-state index contributed by atoms with van der Waals surface area (Å²) in [6.45, 7) is 0.812. The first kappa shape index (κ1) is 14.7. The minimum atomic E-state index is -3.25. The predicted octanol–water partition coefficient (Wildman–Crippen LogP) is 3.13. The number of benzene rings is 1. The molecule has 0 amide bonds. The largest absolute Gasteiger partial charge is 0.310 e. The van der Waals surface area contributed by atoms with Gasteiger partial charge in [-0.1, -0.05) is 11.6 Å². The normalized spacial score (nSPS) is 23.7. The van der Waals surface area contributed by atoms with Gasteiger partial charge in [0.2, 0.25) is 0 Å². The second-order valence-corrected chi connectivity index (χ2v) is 7.88. The van der Waals surface area contributed by atoms with E-state index in [0.717, 1.165) is 13.0 Å². The summed E-state index contributed by atoms with van der Waals surface area (Å²) in [6.07, 6.45) is 7.38. The number of fused-ring (bicyclic) bond motifs is 1. The van der Waals surface area contributed by atoms with Crippen LogP contribution in [0.3, 0.4) is 0 Å². The van der Waals surface area contributed by atoms with E-state index in [9.17, 15) is 12.8 Å². The Bertz CT molecular complexity index is 667. The van der Waals surface area contributed by atoms with Gasteiger partial charge in [-0.15, -0.1) is 0 Å². The van der Waals surface area contributed by atoms with Crippen molar-refractivity contribution in [3.05, 3.63) is 41.2 Å². The summed E-state index contributed by atoms with van der Waals surface area (Å²) in [6, 6.07) is 3.91. The zero-order chi connectivity index (χ0) is 14.9. The molecule has 1 aliphatic carbocycles. The first-order valence-corrected chi connectivity index (χ1v) is 9.15. The van der Waals surface area contributed by atoms with Crippen LogP contribution < -0.4 is 5.32 Å². The summed E-state index contributed by atoms with van der Waals surface area (Å²) >= 11 is 0. The number of hydrogen-bond donors (Lipinski definition) is 1. The summed E-state index contributed by atoms with van der Waals surface area (Å²) in [7, 11) is -3.25. The molecule has 0 saturated heterocycles. The average Bonchev–Trinajstić information content (AvgIpc) is 2.94. The molecule has 0 bridgehead atoms. The molecule has 1 heterocycles. The summed E-state index contributed by atoms with van der Waals surface area (Å²) in [4.78, 5) is 0.285. The number of sulfone groups is 1. The van der Waals surface area contributed by atoms with Crippen molar-refractivity contribution in [2.24, 2.45) is 0 Å². The summed E-state index contributed by atoms with van der Waals surface area (Å²) in [5.74, 6) is -0.248. The van der Waals surface area contributed by atoms with E-state index in [1.54, 1.807) is 0 Å². The monoisotopic (exact) mass is 309 g/mol. The summed E-state index contributed by atoms with van der Waals surface area (Å²) in [5, 5.41) is 3.40. The summed E-state index contributed by atoms with van der Waals surface area (Å²) in [5.41, 5.74) is 2.06. The van der Waals surface area contributed by atoms with E-state index >= 15 is 0 Å². The Balaban J connectivity index is 1.73.